The van der Waals surface area contributed by atoms with Gasteiger partial charge < -0.3 is 10.2 Å². The maximum absolute atomic E-state index is 10.8. The smallest absolute Gasteiger partial charge is 0.335 e. The third kappa shape index (κ3) is 3.43. The molecule has 0 aliphatic carbocycles. The van der Waals surface area contributed by atoms with Crippen molar-refractivity contribution < 1.29 is 19.9 Å². The van der Waals surface area contributed by atoms with E-state index in [1.165, 1.54) is 12.1 Å². The van der Waals surface area contributed by atoms with Crippen LogP contribution in [0.2, 0.25) is 0 Å². The predicted octanol–water partition coefficient (Wildman–Crippen LogP) is 1.77. The van der Waals surface area contributed by atoms with E-state index >= 15 is 0 Å². The van der Waals surface area contributed by atoms with Gasteiger partial charge in [-0.25, -0.2) is 4.79 Å². The van der Waals surface area contributed by atoms with Gasteiger partial charge in [-0.2, -0.15) is 0 Å². The van der Waals surface area contributed by atoms with Crippen LogP contribution in [0.3, 0.4) is 0 Å². The largest absolute Gasteiger partial charge is 0.478 e. The highest BCUT2D eigenvalue weighted by molar-refractivity contribution is 8.00. The Morgan fingerprint density at radius 2 is 2.24 bits per heavy atom. The van der Waals surface area contributed by atoms with Crippen LogP contribution in [0.5, 0.6) is 0 Å². The van der Waals surface area contributed by atoms with Crippen LogP contribution < -0.4 is 0 Å². The number of aromatic carboxylic acids is 1. The van der Waals surface area contributed by atoms with Crippen molar-refractivity contribution in [3.63, 3.8) is 0 Å². The Balaban J connectivity index is 3.15. The van der Waals surface area contributed by atoms with Gasteiger partial charge in [0, 0.05) is 11.3 Å². The summed E-state index contributed by atoms with van der Waals surface area (Å²) in [6.07, 6.45) is 0. The molecule has 17 heavy (non-hydrogen) atoms. The lowest BCUT2D eigenvalue weighted by atomic mass is 10.2. The molecule has 0 saturated carbocycles. The summed E-state index contributed by atoms with van der Waals surface area (Å²) in [6, 6.07) is 3.60. The number of nitro benzene ring substituents is 1. The Hall–Kier alpha value is -1.60. The first-order valence-electron chi connectivity index (χ1n) is 4.75. The van der Waals surface area contributed by atoms with Gasteiger partial charge in [-0.05, 0) is 12.1 Å². The topological polar surface area (TPSA) is 101 Å². The Bertz CT molecular complexity index is 448. The molecule has 6 nitrogen and oxygen atoms in total. The standard InChI is InChI=1S/C10H11NO5S/c1-6(5-12)17-9-4-7(10(13)14)2-3-8(9)11(15)16/h2-4,6,12H,5H2,1H3,(H,13,14). The van der Waals surface area contributed by atoms with Crippen LogP contribution in [-0.4, -0.2) is 33.0 Å². The highest BCUT2D eigenvalue weighted by Gasteiger charge is 2.18. The third-order valence-corrected chi connectivity index (χ3v) is 3.12. The molecule has 0 radical (unpaired) electrons. The van der Waals surface area contributed by atoms with E-state index in [1.54, 1.807) is 6.92 Å². The summed E-state index contributed by atoms with van der Waals surface area (Å²) in [7, 11) is 0. The minimum atomic E-state index is -1.14. The van der Waals surface area contributed by atoms with Crippen LogP contribution in [0.25, 0.3) is 0 Å². The minimum Gasteiger partial charge on any atom is -0.478 e. The number of aliphatic hydroxyl groups is 1. The molecule has 92 valence electrons. The SMILES string of the molecule is CC(CO)Sc1cc(C(=O)O)ccc1[N+](=O)[O-]. The van der Waals surface area contributed by atoms with E-state index in [0.717, 1.165) is 17.8 Å². The molecule has 1 aromatic carbocycles. The average molecular weight is 257 g/mol. The van der Waals surface area contributed by atoms with Crippen molar-refractivity contribution in [3.8, 4) is 0 Å². The number of thioether (sulfide) groups is 1. The van der Waals surface area contributed by atoms with Gasteiger partial charge in [0.2, 0.25) is 0 Å². The summed E-state index contributed by atoms with van der Waals surface area (Å²) in [5.41, 5.74) is -0.163. The van der Waals surface area contributed by atoms with E-state index in [9.17, 15) is 14.9 Å². The van der Waals surface area contributed by atoms with Crippen molar-refractivity contribution in [2.75, 3.05) is 6.61 Å². The number of carboxylic acids is 1. The zero-order valence-electron chi connectivity index (χ0n) is 8.99. The van der Waals surface area contributed by atoms with E-state index in [1.807, 2.05) is 0 Å². The molecular weight excluding hydrogens is 246 g/mol. The highest BCUT2D eigenvalue weighted by atomic mass is 32.2. The Kier molecular flexibility index (Phi) is 4.47. The van der Waals surface area contributed by atoms with Crippen molar-refractivity contribution in [1.29, 1.82) is 0 Å². The van der Waals surface area contributed by atoms with Crippen molar-refractivity contribution in [1.82, 2.24) is 0 Å². The van der Waals surface area contributed by atoms with Gasteiger partial charge in [0.05, 0.1) is 22.0 Å². The van der Waals surface area contributed by atoms with Gasteiger partial charge in [0.15, 0.2) is 0 Å². The zero-order chi connectivity index (χ0) is 13.0. The molecule has 0 aliphatic rings. The molecule has 1 aromatic rings. The first-order valence-corrected chi connectivity index (χ1v) is 5.63. The Morgan fingerprint density at radius 3 is 2.71 bits per heavy atom. The fraction of sp³-hybridized carbons (Fsp3) is 0.300. The number of nitro groups is 1. The summed E-state index contributed by atoms with van der Waals surface area (Å²) in [5, 5.41) is 28.2. The lowest BCUT2D eigenvalue weighted by Gasteiger charge is -2.08. The number of hydrogen-bond donors (Lipinski definition) is 2. The van der Waals surface area contributed by atoms with Gasteiger partial charge in [-0.1, -0.05) is 6.92 Å². The molecule has 0 bridgehead atoms. The lowest BCUT2D eigenvalue weighted by Crippen LogP contribution is -2.04. The number of rotatable bonds is 5. The van der Waals surface area contributed by atoms with E-state index in [-0.39, 0.29) is 28.0 Å². The summed E-state index contributed by atoms with van der Waals surface area (Å²) < 4.78 is 0. The molecular formula is C10H11NO5S. The molecule has 0 spiro atoms. The second kappa shape index (κ2) is 5.65. The predicted molar refractivity (Wildman–Crippen MR) is 62.5 cm³/mol. The van der Waals surface area contributed by atoms with Gasteiger partial charge >= 0.3 is 5.97 Å². The first-order chi connectivity index (χ1) is 7.95. The van der Waals surface area contributed by atoms with Crippen LogP contribution in [0.4, 0.5) is 5.69 Å². The van der Waals surface area contributed by atoms with E-state index in [2.05, 4.69) is 0 Å². The number of hydrogen-bond acceptors (Lipinski definition) is 5. The number of benzene rings is 1. The monoisotopic (exact) mass is 257 g/mol. The number of carbonyl (C=O) groups is 1. The van der Waals surface area contributed by atoms with E-state index in [0.29, 0.717) is 0 Å². The minimum absolute atomic E-state index is 0.0109. The molecule has 2 N–H and O–H groups in total. The summed E-state index contributed by atoms with van der Waals surface area (Å²) >= 11 is 1.08. The molecule has 0 aliphatic heterocycles. The Morgan fingerprint density at radius 1 is 1.59 bits per heavy atom. The van der Waals surface area contributed by atoms with Gasteiger partial charge in [-0.3, -0.25) is 10.1 Å². The maximum atomic E-state index is 10.8. The molecule has 1 atom stereocenters. The Labute approximate surface area is 101 Å². The molecule has 0 saturated heterocycles. The maximum Gasteiger partial charge on any atom is 0.335 e. The molecule has 1 unspecified atom stereocenters. The molecule has 0 aromatic heterocycles. The quantitative estimate of drug-likeness (QED) is 0.473. The molecule has 0 amide bonds. The van der Waals surface area contributed by atoms with Crippen LogP contribution >= 0.6 is 11.8 Å². The second-order valence-electron chi connectivity index (χ2n) is 3.36. The molecule has 0 fully saturated rings. The number of carboxylic acid groups (broad SMARTS) is 1. The number of nitrogens with zero attached hydrogens (tertiary/aromatic N) is 1. The molecule has 0 heterocycles. The van der Waals surface area contributed by atoms with Gasteiger partial charge in [-0.15, -0.1) is 11.8 Å². The molecule has 7 heteroatoms. The fourth-order valence-electron chi connectivity index (χ4n) is 1.15. The first kappa shape index (κ1) is 13.5. The van der Waals surface area contributed by atoms with Crippen LogP contribution in [0.1, 0.15) is 17.3 Å². The average Bonchev–Trinajstić information content (AvgIpc) is 2.28. The summed E-state index contributed by atoms with van der Waals surface area (Å²) in [6.45, 7) is 1.56. The molecule has 1 rings (SSSR count). The van der Waals surface area contributed by atoms with Crippen molar-refractivity contribution in [2.45, 2.75) is 17.1 Å². The summed E-state index contributed by atoms with van der Waals surface area (Å²) in [5.74, 6) is -1.14. The third-order valence-electron chi connectivity index (χ3n) is 1.99. The van der Waals surface area contributed by atoms with Crippen molar-refractivity contribution in [3.05, 3.63) is 33.9 Å². The fourth-order valence-corrected chi connectivity index (χ4v) is 2.11. The van der Waals surface area contributed by atoms with E-state index < -0.39 is 10.9 Å². The normalized spacial score (nSPS) is 12.1. The van der Waals surface area contributed by atoms with Crippen LogP contribution in [0.15, 0.2) is 23.1 Å². The summed E-state index contributed by atoms with van der Waals surface area (Å²) in [4.78, 5) is 21.2. The van der Waals surface area contributed by atoms with Gasteiger partial charge in [0.25, 0.3) is 5.69 Å². The highest BCUT2D eigenvalue weighted by Crippen LogP contribution is 2.32. The zero-order valence-corrected chi connectivity index (χ0v) is 9.81. The van der Waals surface area contributed by atoms with Crippen molar-refractivity contribution >= 4 is 23.4 Å². The number of aliphatic hydroxyl groups excluding tert-OH is 1. The van der Waals surface area contributed by atoms with Gasteiger partial charge in [0.1, 0.15) is 0 Å². The van der Waals surface area contributed by atoms with Crippen LogP contribution in [0, 0.1) is 10.1 Å². The van der Waals surface area contributed by atoms with Crippen molar-refractivity contribution in [2.24, 2.45) is 0 Å². The van der Waals surface area contributed by atoms with Crippen LogP contribution in [-0.2, 0) is 0 Å². The lowest BCUT2D eigenvalue weighted by molar-refractivity contribution is -0.387. The second-order valence-corrected chi connectivity index (χ2v) is 4.84. The van der Waals surface area contributed by atoms with E-state index in [4.69, 9.17) is 10.2 Å².